The van der Waals surface area contributed by atoms with Crippen LogP contribution in [-0.4, -0.2) is 81.0 Å². The number of ether oxygens (including phenoxy) is 1. The molecule has 4 aliphatic rings. The van der Waals surface area contributed by atoms with Crippen LogP contribution in [0.2, 0.25) is 10.0 Å². The molecule has 0 spiro atoms. The highest BCUT2D eigenvalue weighted by Crippen LogP contribution is 2.43. The molecule has 1 unspecified atom stereocenters. The van der Waals surface area contributed by atoms with E-state index < -0.39 is 17.9 Å². The second kappa shape index (κ2) is 15.2. The van der Waals surface area contributed by atoms with E-state index in [1.165, 1.54) is 0 Å². The number of carboxylic acid groups (broad SMARTS) is 1. The normalized spacial score (nSPS) is 19.2. The summed E-state index contributed by atoms with van der Waals surface area (Å²) in [6, 6.07) is 14.2. The third-order valence-electron chi connectivity index (χ3n) is 10.8. The number of likely N-dealkylation sites (tertiary alicyclic amines) is 1. The Morgan fingerprint density at radius 1 is 0.830 bits per heavy atom. The zero-order chi connectivity index (χ0) is 36.6. The first kappa shape index (κ1) is 35.6. The van der Waals surface area contributed by atoms with E-state index in [2.05, 4.69) is 25.5 Å². The Morgan fingerprint density at radius 2 is 1.49 bits per heavy atom. The number of pyridine rings is 2. The van der Waals surface area contributed by atoms with E-state index in [9.17, 15) is 19.5 Å². The number of carbonyl (C=O) groups excluding carboxylic acids is 2. The number of benzene rings is 2. The minimum Gasteiger partial charge on any atom is -0.480 e. The average Bonchev–Trinajstić information content (AvgIpc) is 3.99. The molecule has 3 N–H and O–H groups in total. The molecule has 0 bridgehead atoms. The molecule has 4 aromatic rings. The zero-order valence-electron chi connectivity index (χ0n) is 29.1. The van der Waals surface area contributed by atoms with Gasteiger partial charge in [0.1, 0.15) is 17.4 Å². The van der Waals surface area contributed by atoms with Crippen molar-refractivity contribution in [2.24, 2.45) is 0 Å². The molecule has 2 amide bonds. The average molecular weight is 756 g/mol. The smallest absolute Gasteiger partial charge is 0.320 e. The van der Waals surface area contributed by atoms with Gasteiger partial charge in [-0.3, -0.25) is 34.2 Å². The van der Waals surface area contributed by atoms with Crippen molar-refractivity contribution in [2.75, 3.05) is 36.9 Å². The van der Waals surface area contributed by atoms with E-state index in [1.54, 1.807) is 48.8 Å². The van der Waals surface area contributed by atoms with Gasteiger partial charge in [-0.15, -0.1) is 0 Å². The van der Waals surface area contributed by atoms with Gasteiger partial charge in [-0.25, -0.2) is 0 Å². The van der Waals surface area contributed by atoms with Gasteiger partial charge in [0.15, 0.2) is 0 Å². The van der Waals surface area contributed by atoms with Gasteiger partial charge >= 0.3 is 5.97 Å². The molecule has 0 radical (unpaired) electrons. The Hall–Kier alpha value is -4.39. The van der Waals surface area contributed by atoms with Crippen molar-refractivity contribution in [3.8, 4) is 11.1 Å². The van der Waals surface area contributed by atoms with Crippen molar-refractivity contribution >= 4 is 52.4 Å². The third-order valence-corrected chi connectivity index (χ3v) is 11.6. The van der Waals surface area contributed by atoms with Crippen LogP contribution in [0.5, 0.6) is 0 Å². The van der Waals surface area contributed by atoms with Crippen LogP contribution in [-0.2, 0) is 29.0 Å². The Labute approximate surface area is 317 Å². The van der Waals surface area contributed by atoms with Crippen molar-refractivity contribution in [1.82, 2.24) is 19.8 Å². The van der Waals surface area contributed by atoms with Gasteiger partial charge in [-0.1, -0.05) is 53.9 Å². The fraction of sp³-hybridized carbons (Fsp3) is 0.375. The lowest BCUT2D eigenvalue weighted by Crippen LogP contribution is -2.50. The quantitative estimate of drug-likeness (QED) is 0.156. The summed E-state index contributed by atoms with van der Waals surface area (Å²) in [5.74, 6) is -1.24. The first-order valence-electron chi connectivity index (χ1n) is 18.2. The van der Waals surface area contributed by atoms with E-state index in [1.807, 2.05) is 17.0 Å². The molecule has 3 fully saturated rings. The number of rotatable bonds is 10. The van der Waals surface area contributed by atoms with Gasteiger partial charge in [-0.2, -0.15) is 0 Å². The maximum atomic E-state index is 13.6. The first-order valence-corrected chi connectivity index (χ1v) is 18.9. The summed E-state index contributed by atoms with van der Waals surface area (Å²) in [6.07, 6.45) is 8.89. The van der Waals surface area contributed by atoms with Crippen molar-refractivity contribution in [2.45, 2.75) is 69.6 Å². The van der Waals surface area contributed by atoms with Crippen molar-refractivity contribution in [3.05, 3.63) is 105 Å². The topological polar surface area (TPSA) is 137 Å². The van der Waals surface area contributed by atoms with Crippen LogP contribution in [0.4, 0.5) is 11.4 Å². The highest BCUT2D eigenvalue weighted by molar-refractivity contribution is 6.40. The highest BCUT2D eigenvalue weighted by Gasteiger charge is 2.33. The molecule has 13 heteroatoms. The van der Waals surface area contributed by atoms with Crippen LogP contribution < -0.4 is 10.6 Å². The number of piperidine rings is 1. The minimum absolute atomic E-state index is 0.259. The number of nitrogens with one attached hydrogen (secondary N) is 2. The molecular weight excluding hydrogens is 715 g/mol. The van der Waals surface area contributed by atoms with Crippen LogP contribution in [0.1, 0.15) is 81.3 Å². The molecule has 2 aromatic heterocycles. The Bertz CT molecular complexity index is 2090. The number of fused-ring (bicyclic) bond motifs is 1. The van der Waals surface area contributed by atoms with Crippen LogP contribution in [0, 0.1) is 0 Å². The van der Waals surface area contributed by atoms with Gasteiger partial charge in [0, 0.05) is 43.2 Å². The van der Waals surface area contributed by atoms with Gasteiger partial charge in [0.2, 0.25) is 0 Å². The van der Waals surface area contributed by atoms with Crippen molar-refractivity contribution in [3.63, 3.8) is 0 Å². The molecule has 1 atom stereocenters. The first-order chi connectivity index (χ1) is 25.7. The van der Waals surface area contributed by atoms with Crippen molar-refractivity contribution < 1.29 is 24.2 Å². The number of aliphatic carboxylic acids is 1. The number of carbonyl (C=O) groups is 3. The molecule has 2 aromatic carbocycles. The predicted molar refractivity (Wildman–Crippen MR) is 203 cm³/mol. The van der Waals surface area contributed by atoms with Crippen molar-refractivity contribution in [1.29, 1.82) is 0 Å². The monoisotopic (exact) mass is 754 g/mol. The van der Waals surface area contributed by atoms with E-state index in [4.69, 9.17) is 27.9 Å². The van der Waals surface area contributed by atoms with Gasteiger partial charge < -0.3 is 20.5 Å². The summed E-state index contributed by atoms with van der Waals surface area (Å²) in [5, 5.41) is 16.2. The number of nitrogens with zero attached hydrogens (tertiary/aromatic N) is 4. The zero-order valence-corrected chi connectivity index (χ0v) is 30.6. The Balaban J connectivity index is 0.971. The molecule has 2 saturated heterocycles. The number of aromatic nitrogens is 2. The Morgan fingerprint density at radius 3 is 2.11 bits per heavy atom. The number of amides is 2. The maximum Gasteiger partial charge on any atom is 0.320 e. The van der Waals surface area contributed by atoms with E-state index >= 15 is 0 Å². The predicted octanol–water partition coefficient (Wildman–Crippen LogP) is 7.03. The molecule has 53 heavy (non-hydrogen) atoms. The van der Waals surface area contributed by atoms with Gasteiger partial charge in [0.05, 0.1) is 40.7 Å². The second-order valence-electron chi connectivity index (χ2n) is 14.4. The molecule has 1 saturated carbocycles. The van der Waals surface area contributed by atoms with E-state index in [0.717, 1.165) is 87.2 Å². The molecule has 3 aliphatic heterocycles. The molecule has 5 heterocycles. The number of hydrogen-bond donors (Lipinski definition) is 3. The summed E-state index contributed by atoms with van der Waals surface area (Å²) in [6.45, 7) is 4.45. The van der Waals surface area contributed by atoms with Gasteiger partial charge in [0.25, 0.3) is 11.8 Å². The van der Waals surface area contributed by atoms with Crippen LogP contribution in [0.25, 0.3) is 11.1 Å². The van der Waals surface area contributed by atoms with Crippen LogP contribution in [0.15, 0.2) is 60.9 Å². The maximum absolute atomic E-state index is 13.6. The lowest BCUT2D eigenvalue weighted by atomic mass is 9.99. The fourth-order valence-electron chi connectivity index (χ4n) is 7.59. The SMILES string of the molecule is O=C(Nc1cccc(-c2cccc(NC(=O)c3cc(C4CC4)c(CN4CCCCC4C(=O)O)cn3)c2Cl)c1Cl)c1cc2c(cn1)CN(C1COC1)CC2. The van der Waals surface area contributed by atoms with Crippen LogP contribution >= 0.6 is 23.2 Å². The fourth-order valence-corrected chi connectivity index (χ4v) is 8.14. The molecule has 8 rings (SSSR count). The largest absolute Gasteiger partial charge is 0.480 e. The van der Waals surface area contributed by atoms with E-state index in [-0.39, 0.29) is 16.6 Å². The number of hydrogen-bond acceptors (Lipinski definition) is 8. The number of carboxylic acids is 1. The molecule has 274 valence electrons. The number of halogens is 2. The standard InChI is InChI=1S/C40H40Cl2N6O5/c41-36-28(5-3-7-31(36)45-38(49)33-15-24-12-14-47(27-21-53-22-27)19-25(24)17-43-33)29-6-4-8-32(37(29)42)46-39(50)34-16-30(23-10-11-23)26(18-44-34)20-48-13-2-1-9-35(48)40(51)52/h3-8,15-18,23,27,35H,1-2,9-14,19-22H2,(H,45,49)(H,46,50)(H,51,52). The van der Waals surface area contributed by atoms with Gasteiger partial charge in [-0.05, 0) is 91.1 Å². The lowest BCUT2D eigenvalue weighted by Gasteiger charge is -2.39. The molecule has 11 nitrogen and oxygen atoms in total. The lowest BCUT2D eigenvalue weighted by molar-refractivity contribution is -0.144. The summed E-state index contributed by atoms with van der Waals surface area (Å²) in [7, 11) is 0. The summed E-state index contributed by atoms with van der Waals surface area (Å²) in [5.41, 5.74) is 6.79. The Kier molecular flexibility index (Phi) is 10.2. The minimum atomic E-state index is -0.798. The van der Waals surface area contributed by atoms with Crippen LogP contribution in [0.3, 0.4) is 0 Å². The second-order valence-corrected chi connectivity index (χ2v) is 15.1. The number of anilines is 2. The third kappa shape index (κ3) is 7.54. The summed E-state index contributed by atoms with van der Waals surface area (Å²) >= 11 is 13.8. The molecule has 1 aliphatic carbocycles. The molecular formula is C40H40Cl2N6O5. The highest BCUT2D eigenvalue weighted by atomic mass is 35.5. The van der Waals surface area contributed by atoms with E-state index in [0.29, 0.717) is 58.1 Å². The summed E-state index contributed by atoms with van der Waals surface area (Å²) in [4.78, 5) is 52.2. The summed E-state index contributed by atoms with van der Waals surface area (Å²) < 4.78 is 5.35.